The molecule has 1 aliphatic carbocycles. The van der Waals surface area contributed by atoms with Crippen molar-refractivity contribution in [2.24, 2.45) is 5.73 Å². The van der Waals surface area contributed by atoms with Crippen molar-refractivity contribution in [2.75, 3.05) is 0 Å². The zero-order valence-electron chi connectivity index (χ0n) is 15.5. The third-order valence-corrected chi connectivity index (χ3v) is 5.48. The number of nitrogens with two attached hydrogens (primary N) is 1. The van der Waals surface area contributed by atoms with Gasteiger partial charge < -0.3 is 14.7 Å². The topological polar surface area (TPSA) is 74.0 Å². The van der Waals surface area contributed by atoms with E-state index < -0.39 is 0 Å². The van der Waals surface area contributed by atoms with Gasteiger partial charge in [0.1, 0.15) is 0 Å². The Kier molecular flexibility index (Phi) is 3.49. The number of aromatic nitrogens is 2. The molecule has 5 heteroatoms. The van der Waals surface area contributed by atoms with Crippen LogP contribution in [0.4, 0.5) is 0 Å². The van der Waals surface area contributed by atoms with Crippen molar-refractivity contribution in [1.29, 1.82) is 0 Å². The average Bonchev–Trinajstić information content (AvgIpc) is 3.43. The molecule has 4 aromatic rings. The van der Waals surface area contributed by atoms with E-state index in [-0.39, 0.29) is 11.6 Å². The van der Waals surface area contributed by atoms with E-state index in [2.05, 4.69) is 48.3 Å². The van der Waals surface area contributed by atoms with Crippen molar-refractivity contribution in [3.63, 3.8) is 0 Å². The van der Waals surface area contributed by atoms with E-state index >= 15 is 0 Å². The number of aryl methyl sites for hydroxylation is 2. The predicted octanol–water partition coefficient (Wildman–Crippen LogP) is 4.22. The van der Waals surface area contributed by atoms with Crippen LogP contribution in [0.5, 0.6) is 0 Å². The molecule has 5 nitrogen and oxygen atoms in total. The number of hydrogen-bond donors (Lipinski definition) is 1. The number of oxazole rings is 1. The molecule has 1 aliphatic rings. The molecule has 1 fully saturated rings. The van der Waals surface area contributed by atoms with Gasteiger partial charge in [0.15, 0.2) is 17.0 Å². The van der Waals surface area contributed by atoms with E-state index in [0.29, 0.717) is 23.5 Å². The standard InChI is InChI=1S/C22H21N3O2/c1-12-17(15-5-3-14(11-23)4-6-15)9-10-18-20(12)25(16-7-8-16)22(26)19-21(18)27-13(2)24-19/h3-6,9-10,16H,7-8,11,23H2,1-2H3. The van der Waals surface area contributed by atoms with Gasteiger partial charge in [-0.3, -0.25) is 4.79 Å². The van der Waals surface area contributed by atoms with Crippen LogP contribution in [0.1, 0.15) is 35.9 Å². The summed E-state index contributed by atoms with van der Waals surface area (Å²) < 4.78 is 7.75. The highest BCUT2D eigenvalue weighted by molar-refractivity contribution is 6.04. The molecule has 0 aliphatic heterocycles. The van der Waals surface area contributed by atoms with Crippen LogP contribution in [0.25, 0.3) is 33.1 Å². The van der Waals surface area contributed by atoms with Crippen LogP contribution < -0.4 is 11.3 Å². The SMILES string of the molecule is Cc1nc2c(=O)n(C3CC3)c3c(C)c(-c4ccc(CN)cc4)ccc3c2o1. The molecule has 2 heterocycles. The van der Waals surface area contributed by atoms with Crippen LogP contribution >= 0.6 is 0 Å². The van der Waals surface area contributed by atoms with E-state index in [0.717, 1.165) is 46.0 Å². The first-order valence-corrected chi connectivity index (χ1v) is 9.33. The summed E-state index contributed by atoms with van der Waals surface area (Å²) in [5.74, 6) is 0.524. The molecule has 0 radical (unpaired) electrons. The number of hydrogen-bond acceptors (Lipinski definition) is 4. The second kappa shape index (κ2) is 5.79. The Bertz CT molecular complexity index is 1250. The minimum Gasteiger partial charge on any atom is -0.440 e. The molecule has 0 amide bonds. The van der Waals surface area contributed by atoms with Gasteiger partial charge in [-0.25, -0.2) is 4.98 Å². The number of nitrogens with zero attached hydrogens (tertiary/aromatic N) is 2. The van der Waals surface area contributed by atoms with E-state index in [1.165, 1.54) is 0 Å². The maximum Gasteiger partial charge on any atom is 0.281 e. The molecule has 5 rings (SSSR count). The van der Waals surface area contributed by atoms with E-state index in [1.54, 1.807) is 6.92 Å². The second-order valence-electron chi connectivity index (χ2n) is 7.35. The summed E-state index contributed by atoms with van der Waals surface area (Å²) in [5.41, 5.74) is 12.1. The minimum absolute atomic E-state index is 0.0458. The highest BCUT2D eigenvalue weighted by Crippen LogP contribution is 2.40. The smallest absolute Gasteiger partial charge is 0.281 e. The van der Waals surface area contributed by atoms with Crippen molar-refractivity contribution in [3.8, 4) is 11.1 Å². The lowest BCUT2D eigenvalue weighted by molar-refractivity contribution is 0.563. The first-order chi connectivity index (χ1) is 13.1. The first kappa shape index (κ1) is 16.3. The summed E-state index contributed by atoms with van der Waals surface area (Å²) in [6.07, 6.45) is 2.07. The number of rotatable bonds is 3. The van der Waals surface area contributed by atoms with Crippen molar-refractivity contribution in [1.82, 2.24) is 9.55 Å². The Morgan fingerprint density at radius 1 is 1.15 bits per heavy atom. The van der Waals surface area contributed by atoms with Gasteiger partial charge in [0.25, 0.3) is 5.56 Å². The minimum atomic E-state index is -0.0458. The average molecular weight is 359 g/mol. The number of fused-ring (bicyclic) bond motifs is 3. The van der Waals surface area contributed by atoms with Crippen LogP contribution in [-0.4, -0.2) is 9.55 Å². The van der Waals surface area contributed by atoms with Gasteiger partial charge in [0, 0.05) is 24.9 Å². The summed E-state index contributed by atoms with van der Waals surface area (Å²) >= 11 is 0. The molecule has 0 spiro atoms. The van der Waals surface area contributed by atoms with Gasteiger partial charge in [0.2, 0.25) is 0 Å². The molecular formula is C22H21N3O2. The largest absolute Gasteiger partial charge is 0.440 e. The number of pyridine rings is 1. The highest BCUT2D eigenvalue weighted by Gasteiger charge is 2.30. The maximum absolute atomic E-state index is 13.1. The van der Waals surface area contributed by atoms with E-state index in [4.69, 9.17) is 10.2 Å². The van der Waals surface area contributed by atoms with Crippen LogP contribution in [0.15, 0.2) is 45.6 Å². The van der Waals surface area contributed by atoms with Crippen LogP contribution in [0.2, 0.25) is 0 Å². The lowest BCUT2D eigenvalue weighted by atomic mass is 9.96. The molecule has 0 unspecified atom stereocenters. The zero-order valence-corrected chi connectivity index (χ0v) is 15.5. The third kappa shape index (κ3) is 2.42. The molecule has 2 N–H and O–H groups in total. The predicted molar refractivity (Wildman–Crippen MR) is 107 cm³/mol. The van der Waals surface area contributed by atoms with Crippen molar-refractivity contribution < 1.29 is 4.42 Å². The lowest BCUT2D eigenvalue weighted by Gasteiger charge is -2.15. The molecule has 27 heavy (non-hydrogen) atoms. The first-order valence-electron chi connectivity index (χ1n) is 9.33. The fraction of sp³-hybridized carbons (Fsp3) is 0.273. The quantitative estimate of drug-likeness (QED) is 0.594. The number of benzene rings is 2. The Balaban J connectivity index is 1.86. The summed E-state index contributed by atoms with van der Waals surface area (Å²) in [5, 5.41) is 0.955. The normalized spacial score (nSPS) is 14.3. The summed E-state index contributed by atoms with van der Waals surface area (Å²) in [6, 6.07) is 12.7. The molecule has 1 saturated carbocycles. The van der Waals surface area contributed by atoms with Crippen LogP contribution in [-0.2, 0) is 6.54 Å². The molecule has 2 aromatic carbocycles. The molecule has 136 valence electrons. The van der Waals surface area contributed by atoms with Crippen molar-refractivity contribution in [2.45, 2.75) is 39.3 Å². The summed E-state index contributed by atoms with van der Waals surface area (Å²) in [7, 11) is 0. The van der Waals surface area contributed by atoms with Gasteiger partial charge in [-0.2, -0.15) is 0 Å². The van der Waals surface area contributed by atoms with E-state index in [1.807, 2.05) is 4.57 Å². The van der Waals surface area contributed by atoms with Gasteiger partial charge >= 0.3 is 0 Å². The van der Waals surface area contributed by atoms with Crippen molar-refractivity contribution >= 4 is 22.0 Å². The second-order valence-corrected chi connectivity index (χ2v) is 7.35. The molecule has 2 aromatic heterocycles. The van der Waals surface area contributed by atoms with Gasteiger partial charge in [-0.15, -0.1) is 0 Å². The Morgan fingerprint density at radius 2 is 1.89 bits per heavy atom. The molecular weight excluding hydrogens is 338 g/mol. The van der Waals surface area contributed by atoms with Gasteiger partial charge in [0.05, 0.1) is 5.52 Å². The monoisotopic (exact) mass is 359 g/mol. The fourth-order valence-corrected chi connectivity index (χ4v) is 3.98. The maximum atomic E-state index is 13.1. The highest BCUT2D eigenvalue weighted by atomic mass is 16.3. The Morgan fingerprint density at radius 3 is 2.56 bits per heavy atom. The molecule has 0 bridgehead atoms. The molecule has 0 atom stereocenters. The summed E-state index contributed by atoms with van der Waals surface area (Å²) in [4.78, 5) is 17.5. The molecule has 0 saturated heterocycles. The van der Waals surface area contributed by atoms with E-state index in [9.17, 15) is 4.79 Å². The fourth-order valence-electron chi connectivity index (χ4n) is 3.98. The lowest BCUT2D eigenvalue weighted by Crippen LogP contribution is -2.20. The van der Waals surface area contributed by atoms with Gasteiger partial charge in [-0.05, 0) is 48.1 Å². The van der Waals surface area contributed by atoms with Crippen molar-refractivity contribution in [3.05, 3.63) is 63.8 Å². The zero-order chi connectivity index (χ0) is 18.7. The third-order valence-electron chi connectivity index (χ3n) is 5.48. The van der Waals surface area contributed by atoms with Crippen LogP contribution in [0.3, 0.4) is 0 Å². The van der Waals surface area contributed by atoms with Gasteiger partial charge in [-0.1, -0.05) is 30.3 Å². The summed E-state index contributed by atoms with van der Waals surface area (Å²) in [6.45, 7) is 4.40. The Hall–Kier alpha value is -2.92. The van der Waals surface area contributed by atoms with Crippen LogP contribution in [0, 0.1) is 13.8 Å². The Labute approximate surface area is 156 Å².